The van der Waals surface area contributed by atoms with Crippen LogP contribution in [-0.2, 0) is 14.9 Å². The zero-order chi connectivity index (χ0) is 15.3. The molecule has 0 aliphatic rings. The highest BCUT2D eigenvalue weighted by atomic mass is 16.5. The molecular weight excluding hydrogens is 254 g/mol. The van der Waals surface area contributed by atoms with Crippen molar-refractivity contribution in [3.63, 3.8) is 0 Å². The summed E-state index contributed by atoms with van der Waals surface area (Å²) < 4.78 is 4.69. The van der Waals surface area contributed by atoms with Gasteiger partial charge in [0.25, 0.3) is 0 Å². The summed E-state index contributed by atoms with van der Waals surface area (Å²) in [6.07, 6.45) is 0. The molecule has 4 heteroatoms. The summed E-state index contributed by atoms with van der Waals surface area (Å²) in [5.41, 5.74) is 1.52. The van der Waals surface area contributed by atoms with E-state index in [1.54, 1.807) is 19.1 Å². The van der Waals surface area contributed by atoms with Crippen molar-refractivity contribution in [2.24, 2.45) is 0 Å². The molecule has 0 saturated carbocycles. The molecular formula is C16H19NO3. The molecule has 20 heavy (non-hydrogen) atoms. The van der Waals surface area contributed by atoms with Gasteiger partial charge in [0.1, 0.15) is 11.6 Å². The van der Waals surface area contributed by atoms with Crippen LogP contribution in [0.1, 0.15) is 38.8 Å². The zero-order valence-electron chi connectivity index (χ0n) is 12.2. The van der Waals surface area contributed by atoms with Crippen LogP contribution >= 0.6 is 0 Å². The first kappa shape index (κ1) is 15.8. The van der Waals surface area contributed by atoms with E-state index < -0.39 is 11.7 Å². The average molecular weight is 273 g/mol. The monoisotopic (exact) mass is 273 g/mol. The Morgan fingerprint density at radius 2 is 1.85 bits per heavy atom. The smallest absolute Gasteiger partial charge is 0.374 e. The first-order valence-corrected chi connectivity index (χ1v) is 6.42. The summed E-state index contributed by atoms with van der Waals surface area (Å²) in [6, 6.07) is 9.04. The number of carbonyl (C=O) groups is 1. The van der Waals surface area contributed by atoms with Crippen molar-refractivity contribution in [3.8, 4) is 6.07 Å². The highest BCUT2D eigenvalue weighted by Gasteiger charge is 2.18. The molecule has 0 amide bonds. The second kappa shape index (κ2) is 6.25. The molecule has 0 fully saturated rings. The number of benzene rings is 1. The Balaban J connectivity index is 3.18. The van der Waals surface area contributed by atoms with E-state index >= 15 is 0 Å². The Kier molecular flexibility index (Phi) is 4.93. The van der Waals surface area contributed by atoms with E-state index in [9.17, 15) is 9.90 Å². The van der Waals surface area contributed by atoms with Gasteiger partial charge in [-0.05, 0) is 23.5 Å². The number of esters is 1. The lowest BCUT2D eigenvalue weighted by atomic mass is 9.86. The molecule has 0 unspecified atom stereocenters. The third-order valence-corrected chi connectivity index (χ3v) is 2.86. The van der Waals surface area contributed by atoms with E-state index in [2.05, 4.69) is 25.5 Å². The highest BCUT2D eigenvalue weighted by molar-refractivity contribution is 5.98. The van der Waals surface area contributed by atoms with Crippen molar-refractivity contribution in [1.29, 1.82) is 5.26 Å². The van der Waals surface area contributed by atoms with Crippen LogP contribution in [-0.4, -0.2) is 17.7 Å². The summed E-state index contributed by atoms with van der Waals surface area (Å²) in [7, 11) is 0. The largest absolute Gasteiger partial charge is 0.501 e. The fourth-order valence-electron chi connectivity index (χ4n) is 1.69. The van der Waals surface area contributed by atoms with Crippen LogP contribution in [0.15, 0.2) is 30.0 Å². The summed E-state index contributed by atoms with van der Waals surface area (Å²) in [6.45, 7) is 8.03. The van der Waals surface area contributed by atoms with E-state index in [-0.39, 0.29) is 17.6 Å². The maximum Gasteiger partial charge on any atom is 0.374 e. The number of nitrogens with zero attached hydrogens (tertiary/aromatic N) is 1. The average Bonchev–Trinajstić information content (AvgIpc) is 2.39. The number of rotatable bonds is 3. The third-order valence-electron chi connectivity index (χ3n) is 2.86. The Labute approximate surface area is 119 Å². The second-order valence-corrected chi connectivity index (χ2v) is 5.38. The number of allylic oxidation sites excluding steroid dienone is 1. The fourth-order valence-corrected chi connectivity index (χ4v) is 1.69. The Morgan fingerprint density at radius 3 is 2.25 bits per heavy atom. The molecule has 0 radical (unpaired) electrons. The maximum absolute atomic E-state index is 11.5. The van der Waals surface area contributed by atoms with Gasteiger partial charge in [-0.1, -0.05) is 45.0 Å². The molecule has 0 aliphatic carbocycles. The van der Waals surface area contributed by atoms with Gasteiger partial charge in [-0.2, -0.15) is 5.26 Å². The minimum absolute atomic E-state index is 0.00175. The predicted octanol–water partition coefficient (Wildman–Crippen LogP) is 3.34. The predicted molar refractivity (Wildman–Crippen MR) is 76.9 cm³/mol. The molecule has 0 saturated heterocycles. The van der Waals surface area contributed by atoms with Crippen LogP contribution in [0.5, 0.6) is 0 Å². The molecule has 0 bridgehead atoms. The van der Waals surface area contributed by atoms with Crippen LogP contribution < -0.4 is 0 Å². The number of hydrogen-bond donors (Lipinski definition) is 1. The van der Waals surface area contributed by atoms with Crippen molar-refractivity contribution in [2.75, 3.05) is 6.61 Å². The summed E-state index contributed by atoms with van der Waals surface area (Å²) in [5.74, 6) is -1.54. The van der Waals surface area contributed by atoms with E-state index in [1.807, 2.05) is 18.2 Å². The summed E-state index contributed by atoms with van der Waals surface area (Å²) in [4.78, 5) is 11.5. The van der Waals surface area contributed by atoms with Crippen molar-refractivity contribution in [2.45, 2.75) is 33.1 Å². The molecule has 0 aromatic heterocycles. The van der Waals surface area contributed by atoms with Gasteiger partial charge in [-0.25, -0.2) is 4.79 Å². The molecule has 0 aliphatic heterocycles. The zero-order valence-corrected chi connectivity index (χ0v) is 12.2. The van der Waals surface area contributed by atoms with Gasteiger partial charge in [0.15, 0.2) is 0 Å². The van der Waals surface area contributed by atoms with Crippen molar-refractivity contribution >= 4 is 11.5 Å². The molecule has 4 nitrogen and oxygen atoms in total. The Morgan fingerprint density at radius 1 is 1.30 bits per heavy atom. The minimum atomic E-state index is -0.885. The quantitative estimate of drug-likeness (QED) is 0.397. The van der Waals surface area contributed by atoms with Crippen LogP contribution in [0.2, 0.25) is 0 Å². The van der Waals surface area contributed by atoms with E-state index in [4.69, 9.17) is 5.26 Å². The van der Waals surface area contributed by atoms with Gasteiger partial charge < -0.3 is 9.84 Å². The summed E-state index contributed by atoms with van der Waals surface area (Å²) in [5, 5.41) is 18.9. The number of aliphatic hydroxyl groups excluding tert-OH is 1. The van der Waals surface area contributed by atoms with Crippen LogP contribution in [0.4, 0.5) is 0 Å². The molecule has 0 atom stereocenters. The first-order chi connectivity index (χ1) is 9.31. The van der Waals surface area contributed by atoms with Gasteiger partial charge in [0, 0.05) is 0 Å². The molecule has 0 heterocycles. The topological polar surface area (TPSA) is 70.3 Å². The lowest BCUT2D eigenvalue weighted by Gasteiger charge is -2.19. The van der Waals surface area contributed by atoms with Crippen molar-refractivity contribution in [3.05, 3.63) is 41.2 Å². The molecule has 1 rings (SSSR count). The number of carbonyl (C=O) groups excluding carboxylic acids is 1. The Bertz CT molecular complexity index is 557. The van der Waals surface area contributed by atoms with E-state index in [0.29, 0.717) is 5.56 Å². The lowest BCUT2D eigenvalue weighted by molar-refractivity contribution is -0.141. The Hall–Kier alpha value is -2.28. The molecule has 106 valence electrons. The van der Waals surface area contributed by atoms with Crippen molar-refractivity contribution in [1.82, 2.24) is 0 Å². The number of hydrogen-bond acceptors (Lipinski definition) is 4. The van der Waals surface area contributed by atoms with Gasteiger partial charge in [0.05, 0.1) is 6.61 Å². The molecule has 0 spiro atoms. The highest BCUT2D eigenvalue weighted by Crippen LogP contribution is 2.25. The van der Waals surface area contributed by atoms with Crippen LogP contribution in [0.25, 0.3) is 5.57 Å². The molecule has 1 aromatic rings. The van der Waals surface area contributed by atoms with Gasteiger partial charge in [-0.15, -0.1) is 0 Å². The normalized spacial score (nSPS) is 12.3. The number of aliphatic hydroxyl groups is 1. The molecule has 1 N–H and O–H groups in total. The molecule has 1 aromatic carbocycles. The standard InChI is InChI=1S/C16H19NO3/c1-5-20-15(19)14(18)13(10-17)11-6-8-12(9-7-11)16(2,3)4/h6-9,18H,5H2,1-4H3/b14-13+. The van der Waals surface area contributed by atoms with Crippen LogP contribution in [0, 0.1) is 11.3 Å². The third kappa shape index (κ3) is 3.61. The second-order valence-electron chi connectivity index (χ2n) is 5.38. The van der Waals surface area contributed by atoms with Gasteiger partial charge in [0.2, 0.25) is 5.76 Å². The summed E-state index contributed by atoms with van der Waals surface area (Å²) >= 11 is 0. The first-order valence-electron chi connectivity index (χ1n) is 6.42. The fraction of sp³-hybridized carbons (Fsp3) is 0.375. The van der Waals surface area contributed by atoms with Gasteiger partial charge >= 0.3 is 5.97 Å². The SMILES string of the molecule is CCOC(=O)/C(O)=C(/C#N)c1ccc(C(C)(C)C)cc1. The van der Waals surface area contributed by atoms with Crippen molar-refractivity contribution < 1.29 is 14.6 Å². The number of ether oxygens (including phenoxy) is 1. The van der Waals surface area contributed by atoms with Gasteiger partial charge in [-0.3, -0.25) is 0 Å². The minimum Gasteiger partial charge on any atom is -0.501 e. The van der Waals surface area contributed by atoms with Crippen LogP contribution in [0.3, 0.4) is 0 Å². The van der Waals surface area contributed by atoms with E-state index in [1.165, 1.54) is 0 Å². The number of nitriles is 1. The van der Waals surface area contributed by atoms with E-state index in [0.717, 1.165) is 5.56 Å². The maximum atomic E-state index is 11.5. The lowest BCUT2D eigenvalue weighted by Crippen LogP contribution is -2.11.